The van der Waals surface area contributed by atoms with Crippen LogP contribution in [0.3, 0.4) is 0 Å². The van der Waals surface area contributed by atoms with Crippen LogP contribution in [0.5, 0.6) is 23.0 Å². The van der Waals surface area contributed by atoms with Gasteiger partial charge in [-0.05, 0) is 161 Å². The summed E-state index contributed by atoms with van der Waals surface area (Å²) in [6.45, 7) is 10.0. The van der Waals surface area contributed by atoms with Crippen molar-refractivity contribution < 1.29 is 18.9 Å². The zero-order valence-corrected chi connectivity index (χ0v) is 35.4. The van der Waals surface area contributed by atoms with Gasteiger partial charge in [0.2, 0.25) is 0 Å². The predicted molar refractivity (Wildman–Crippen MR) is 234 cm³/mol. The number of ether oxygens (including phenoxy) is 4. The topological polar surface area (TPSA) is 36.9 Å². The van der Waals surface area contributed by atoms with Crippen molar-refractivity contribution in [2.45, 2.75) is 96.0 Å². The van der Waals surface area contributed by atoms with E-state index >= 15 is 0 Å². The maximum Gasteiger partial charge on any atom is 0.178 e. The SMILES string of the molecule is COc1ccc(C2(c3ccc(OC)cc3)C=Cc3c4c(c5cc([C@@H]6C7CC8CCC6C(C8)C7)c(OC)cc5c3O2)-c2ccccc2C42CC(C)(C)CC(C)(C)C2)cc1. The third kappa shape index (κ3) is 5.18. The number of fused-ring (bicyclic) bond motifs is 12. The molecule has 4 fully saturated rings. The Morgan fingerprint density at radius 1 is 0.655 bits per heavy atom. The largest absolute Gasteiger partial charge is 0.497 e. The molecule has 1 aliphatic heterocycles. The second kappa shape index (κ2) is 12.7. The van der Waals surface area contributed by atoms with Gasteiger partial charge in [0.15, 0.2) is 5.60 Å². The number of hydrogen-bond acceptors (Lipinski definition) is 4. The van der Waals surface area contributed by atoms with E-state index < -0.39 is 5.60 Å². The lowest BCUT2D eigenvalue weighted by atomic mass is 9.52. The zero-order valence-electron chi connectivity index (χ0n) is 35.4. The van der Waals surface area contributed by atoms with Crippen molar-refractivity contribution in [1.82, 2.24) is 0 Å². The lowest BCUT2D eigenvalue weighted by Crippen LogP contribution is -2.44. The molecule has 5 aromatic carbocycles. The maximum atomic E-state index is 7.87. The Balaban J connectivity index is 1.23. The molecule has 5 aromatic rings. The van der Waals surface area contributed by atoms with Crippen molar-refractivity contribution in [2.24, 2.45) is 34.5 Å². The summed E-state index contributed by atoms with van der Waals surface area (Å²) in [5, 5.41) is 2.45. The molecule has 11 rings (SSSR count). The Bertz CT molecular complexity index is 2420. The van der Waals surface area contributed by atoms with E-state index in [1.165, 1.54) is 77.3 Å². The third-order valence-corrected chi connectivity index (χ3v) is 15.9. The summed E-state index contributed by atoms with van der Waals surface area (Å²) in [4.78, 5) is 0. The molecule has 0 N–H and O–H groups in total. The summed E-state index contributed by atoms with van der Waals surface area (Å²) in [5.41, 5.74) is 9.76. The van der Waals surface area contributed by atoms with Gasteiger partial charge >= 0.3 is 0 Å². The lowest BCUT2D eigenvalue weighted by Gasteiger charge is -2.52. The quantitative estimate of drug-likeness (QED) is 0.172. The monoisotopic (exact) mass is 770 g/mol. The van der Waals surface area contributed by atoms with Crippen molar-refractivity contribution in [3.05, 3.63) is 124 Å². The summed E-state index contributed by atoms with van der Waals surface area (Å²) in [7, 11) is 5.33. The first-order valence-corrected chi connectivity index (χ1v) is 22.0. The highest BCUT2D eigenvalue weighted by Crippen LogP contribution is 2.68. The minimum absolute atomic E-state index is 0.152. The molecule has 0 amide bonds. The number of rotatable bonds is 6. The van der Waals surface area contributed by atoms with Crippen LogP contribution in [0, 0.1) is 34.5 Å². The van der Waals surface area contributed by atoms with Crippen LogP contribution in [0.25, 0.3) is 28.0 Å². The van der Waals surface area contributed by atoms with Gasteiger partial charge in [-0.3, -0.25) is 0 Å². The molecule has 0 aromatic heterocycles. The van der Waals surface area contributed by atoms with Gasteiger partial charge in [0.1, 0.15) is 23.0 Å². The van der Waals surface area contributed by atoms with Crippen LogP contribution < -0.4 is 18.9 Å². The van der Waals surface area contributed by atoms with E-state index in [-0.39, 0.29) is 16.2 Å². The van der Waals surface area contributed by atoms with Gasteiger partial charge in [-0.25, -0.2) is 0 Å². The van der Waals surface area contributed by atoms with Crippen molar-refractivity contribution in [3.63, 3.8) is 0 Å². The Kier molecular flexibility index (Phi) is 7.94. The number of methoxy groups -OCH3 is 3. The summed E-state index contributed by atoms with van der Waals surface area (Å²) in [6, 6.07) is 31.2. The van der Waals surface area contributed by atoms with Gasteiger partial charge in [0, 0.05) is 27.5 Å². The molecule has 58 heavy (non-hydrogen) atoms. The maximum absolute atomic E-state index is 7.87. The molecule has 0 saturated heterocycles. The standard InChI is InChI=1S/C54H58O4/c1-51(2)29-52(3,4)31-53(30-51)45-11-9-8-10-40(45)48-42-27-44(47-34-25-32-12-21-39(47)33(24-32)26-34)46(57-7)28-43(42)50-41(49(48)53)22-23-54(58-50,35-13-17-37(55-5)18-14-35)36-15-19-38(56-6)20-16-36/h8-11,13-20,22-23,27-28,32-34,39,47H,12,21,24-26,29-31H2,1-7H3/t32?,33?,34?,39?,47-/m1/s1. The molecule has 5 aliphatic carbocycles. The Morgan fingerprint density at radius 2 is 1.31 bits per heavy atom. The van der Waals surface area contributed by atoms with Crippen molar-refractivity contribution in [1.29, 1.82) is 0 Å². The van der Waals surface area contributed by atoms with E-state index in [2.05, 4.69) is 101 Å². The minimum atomic E-state index is -0.899. The van der Waals surface area contributed by atoms with Crippen LogP contribution in [-0.4, -0.2) is 21.3 Å². The van der Waals surface area contributed by atoms with Gasteiger partial charge in [0.05, 0.1) is 21.3 Å². The number of benzene rings is 5. The Hall–Kier alpha value is -4.70. The van der Waals surface area contributed by atoms with E-state index in [1.807, 2.05) is 31.4 Å². The van der Waals surface area contributed by atoms with Crippen LogP contribution in [0.2, 0.25) is 0 Å². The lowest BCUT2D eigenvalue weighted by molar-refractivity contribution is 0.0642. The molecule has 3 bridgehead atoms. The fourth-order valence-corrected chi connectivity index (χ4v) is 14.7. The summed E-state index contributed by atoms with van der Waals surface area (Å²) < 4.78 is 25.7. The fourth-order valence-electron chi connectivity index (χ4n) is 14.7. The second-order valence-corrected chi connectivity index (χ2v) is 20.6. The van der Waals surface area contributed by atoms with Gasteiger partial charge in [0.25, 0.3) is 0 Å². The second-order valence-electron chi connectivity index (χ2n) is 20.6. The molecule has 298 valence electrons. The molecule has 6 aliphatic rings. The minimum Gasteiger partial charge on any atom is -0.497 e. The highest BCUT2D eigenvalue weighted by molar-refractivity contribution is 6.09. The van der Waals surface area contributed by atoms with Gasteiger partial charge < -0.3 is 18.9 Å². The van der Waals surface area contributed by atoms with E-state index in [4.69, 9.17) is 18.9 Å². The predicted octanol–water partition coefficient (Wildman–Crippen LogP) is 13.3. The molecule has 4 heteroatoms. The highest BCUT2D eigenvalue weighted by Gasteiger charge is 2.56. The van der Waals surface area contributed by atoms with Crippen molar-refractivity contribution in [2.75, 3.05) is 21.3 Å². The first-order chi connectivity index (χ1) is 28.0. The van der Waals surface area contributed by atoms with Gasteiger partial charge in [-0.15, -0.1) is 0 Å². The Morgan fingerprint density at radius 3 is 1.97 bits per heavy atom. The van der Waals surface area contributed by atoms with Crippen molar-refractivity contribution >= 4 is 16.8 Å². The average Bonchev–Trinajstić information content (AvgIpc) is 3.57. The van der Waals surface area contributed by atoms with Crippen LogP contribution >= 0.6 is 0 Å². The molecule has 4 nitrogen and oxygen atoms in total. The van der Waals surface area contributed by atoms with E-state index in [1.54, 1.807) is 14.2 Å². The fraction of sp³-hybridized carbons (Fsp3) is 0.444. The third-order valence-electron chi connectivity index (χ3n) is 15.9. The molecular weight excluding hydrogens is 713 g/mol. The van der Waals surface area contributed by atoms with Crippen LogP contribution in [0.1, 0.15) is 118 Å². The summed E-state index contributed by atoms with van der Waals surface area (Å²) in [5.74, 6) is 7.41. The molecular formula is C54H58O4. The zero-order chi connectivity index (χ0) is 39.8. The molecule has 5 atom stereocenters. The molecule has 1 heterocycles. The Labute approximate surface area is 345 Å². The van der Waals surface area contributed by atoms with E-state index in [0.717, 1.165) is 76.0 Å². The average molecular weight is 771 g/mol. The van der Waals surface area contributed by atoms with Crippen LogP contribution in [0.4, 0.5) is 0 Å². The van der Waals surface area contributed by atoms with Gasteiger partial charge in [-0.1, -0.05) is 88.7 Å². The summed E-state index contributed by atoms with van der Waals surface area (Å²) >= 11 is 0. The molecule has 4 saturated carbocycles. The number of hydrogen-bond donors (Lipinski definition) is 0. The summed E-state index contributed by atoms with van der Waals surface area (Å²) in [6.07, 6.45) is 15.1. The van der Waals surface area contributed by atoms with Gasteiger partial charge in [-0.2, -0.15) is 0 Å². The smallest absolute Gasteiger partial charge is 0.178 e. The van der Waals surface area contributed by atoms with E-state index in [9.17, 15) is 0 Å². The van der Waals surface area contributed by atoms with Crippen LogP contribution in [0.15, 0.2) is 91.0 Å². The van der Waals surface area contributed by atoms with Crippen LogP contribution in [-0.2, 0) is 11.0 Å². The highest BCUT2D eigenvalue weighted by atomic mass is 16.5. The van der Waals surface area contributed by atoms with E-state index in [0.29, 0.717) is 5.92 Å². The molecule has 1 spiro atoms. The van der Waals surface area contributed by atoms with Crippen molar-refractivity contribution in [3.8, 4) is 34.1 Å². The first kappa shape index (κ1) is 36.4. The first-order valence-electron chi connectivity index (χ1n) is 22.0. The molecule has 4 unspecified atom stereocenters. The molecule has 0 radical (unpaired) electrons. The normalized spacial score (nSPS) is 27.1.